The van der Waals surface area contributed by atoms with Crippen LogP contribution >= 0.6 is 11.8 Å². The second-order valence-corrected chi connectivity index (χ2v) is 11.3. The summed E-state index contributed by atoms with van der Waals surface area (Å²) < 4.78 is 81.2. The van der Waals surface area contributed by atoms with E-state index in [-0.39, 0.29) is 18.1 Å². The number of rotatable bonds is 6. The quantitative estimate of drug-likeness (QED) is 0.299. The summed E-state index contributed by atoms with van der Waals surface area (Å²) in [5.41, 5.74) is -2.79. The van der Waals surface area contributed by atoms with E-state index in [9.17, 15) is 30.8 Å². The molecular formula is C26H19F4N3O4S2. The minimum Gasteiger partial charge on any atom is -0.489 e. The van der Waals surface area contributed by atoms with Crippen molar-refractivity contribution in [3.63, 3.8) is 0 Å². The molecule has 0 aliphatic carbocycles. The van der Waals surface area contributed by atoms with Crippen LogP contribution in [0.15, 0.2) is 76.6 Å². The van der Waals surface area contributed by atoms with Crippen molar-refractivity contribution in [3.8, 4) is 5.75 Å². The molecule has 7 nitrogen and oxygen atoms in total. The van der Waals surface area contributed by atoms with Gasteiger partial charge in [-0.15, -0.1) is 0 Å². The third-order valence-electron chi connectivity index (χ3n) is 5.87. The monoisotopic (exact) mass is 577 g/mol. The molecule has 1 N–H and O–H groups in total. The second kappa shape index (κ2) is 10.4. The number of ether oxygens (including phenoxy) is 1. The van der Waals surface area contributed by atoms with Crippen LogP contribution in [0.25, 0.3) is 6.08 Å². The predicted octanol–water partition coefficient (Wildman–Crippen LogP) is 5.70. The van der Waals surface area contributed by atoms with Crippen molar-refractivity contribution in [1.82, 2.24) is 0 Å². The molecule has 0 saturated carbocycles. The van der Waals surface area contributed by atoms with Crippen molar-refractivity contribution in [2.24, 2.45) is 4.99 Å². The third kappa shape index (κ3) is 5.93. The molecule has 3 aromatic carbocycles. The number of amides is 1. The number of carbonyl (C=O) groups is 1. The van der Waals surface area contributed by atoms with E-state index in [1.807, 2.05) is 0 Å². The Morgan fingerprint density at radius 2 is 1.77 bits per heavy atom. The molecule has 0 bridgehead atoms. The molecule has 5 rings (SSSR count). The lowest BCUT2D eigenvalue weighted by Gasteiger charge is -2.18. The average molecular weight is 578 g/mol. The highest BCUT2D eigenvalue weighted by molar-refractivity contribution is 8.18. The van der Waals surface area contributed by atoms with Crippen LogP contribution in [0.3, 0.4) is 0 Å². The first-order valence-electron chi connectivity index (χ1n) is 11.5. The Morgan fingerprint density at radius 3 is 2.46 bits per heavy atom. The van der Waals surface area contributed by atoms with Crippen LogP contribution in [-0.2, 0) is 27.8 Å². The van der Waals surface area contributed by atoms with Crippen LogP contribution in [0.5, 0.6) is 5.75 Å². The van der Waals surface area contributed by atoms with Crippen molar-refractivity contribution in [2.75, 3.05) is 16.2 Å². The summed E-state index contributed by atoms with van der Waals surface area (Å²) >= 11 is 1.17. The molecule has 0 atom stereocenters. The Kier molecular flexibility index (Phi) is 7.12. The Bertz CT molecular complexity index is 1590. The first kappa shape index (κ1) is 26.8. The normalized spacial score (nSPS) is 16.4. The summed E-state index contributed by atoms with van der Waals surface area (Å²) in [6.07, 6.45) is 2.13. The number of benzene rings is 3. The number of thioether (sulfide) groups is 1. The van der Waals surface area contributed by atoms with Crippen molar-refractivity contribution >= 4 is 50.3 Å². The molecule has 2 aliphatic heterocycles. The fraction of sp³-hybridized carbons (Fsp3) is 0.154. The fourth-order valence-electron chi connectivity index (χ4n) is 3.95. The molecule has 0 aromatic heterocycles. The Labute approximate surface area is 225 Å². The number of anilines is 2. The van der Waals surface area contributed by atoms with E-state index in [2.05, 4.69) is 4.99 Å². The number of halogens is 4. The van der Waals surface area contributed by atoms with E-state index in [1.165, 1.54) is 42.1 Å². The summed E-state index contributed by atoms with van der Waals surface area (Å²) in [6, 6.07) is 17.2. The zero-order chi connectivity index (χ0) is 27.8. The van der Waals surface area contributed by atoms with Gasteiger partial charge in [0.25, 0.3) is 5.91 Å². The summed E-state index contributed by atoms with van der Waals surface area (Å²) in [5.74, 6) is -0.135. The number of aliphatic imine (C=N–C) groups is 1. The summed E-state index contributed by atoms with van der Waals surface area (Å²) in [6.45, 7) is 0.705. The van der Waals surface area contributed by atoms with Gasteiger partial charge in [-0.25, -0.2) is 4.39 Å². The Balaban J connectivity index is 1.23. The molecule has 0 spiro atoms. The molecule has 0 saturated heterocycles. The summed E-state index contributed by atoms with van der Waals surface area (Å²) in [7, 11) is -5.53. The van der Waals surface area contributed by atoms with Gasteiger partial charge in [0.05, 0.1) is 4.91 Å². The van der Waals surface area contributed by atoms with E-state index in [4.69, 9.17) is 4.74 Å². The summed E-state index contributed by atoms with van der Waals surface area (Å²) in [4.78, 5) is 18.9. The van der Waals surface area contributed by atoms with Gasteiger partial charge < -0.3 is 9.64 Å². The second-order valence-electron chi connectivity index (χ2n) is 8.59. The lowest BCUT2D eigenvalue weighted by atomic mass is 10.1. The SMILES string of the molecule is O=C1N=C(N2CCc3cc(NS(=O)(=O)C(F)(F)F)ccc32)SC1=Cc1ccc(OCc2ccc(F)cc2)cc1. The topological polar surface area (TPSA) is 88.1 Å². The van der Waals surface area contributed by atoms with Gasteiger partial charge in [0.15, 0.2) is 5.17 Å². The molecule has 13 heteroatoms. The van der Waals surface area contributed by atoms with Crippen LogP contribution in [0, 0.1) is 5.82 Å². The maximum absolute atomic E-state index is 13.0. The van der Waals surface area contributed by atoms with E-state index in [0.29, 0.717) is 40.0 Å². The molecular weight excluding hydrogens is 558 g/mol. The number of sulfonamides is 1. The number of hydrogen-bond acceptors (Lipinski definition) is 6. The highest BCUT2D eigenvalue weighted by Crippen LogP contribution is 2.38. The van der Waals surface area contributed by atoms with E-state index < -0.39 is 21.4 Å². The number of hydrogen-bond donors (Lipinski definition) is 1. The highest BCUT2D eigenvalue weighted by atomic mass is 32.2. The van der Waals surface area contributed by atoms with Gasteiger partial charge in [-0.05, 0) is 83.4 Å². The van der Waals surface area contributed by atoms with Gasteiger partial charge in [-0.3, -0.25) is 9.52 Å². The van der Waals surface area contributed by atoms with E-state index in [1.54, 1.807) is 52.1 Å². The first-order chi connectivity index (χ1) is 18.5. The zero-order valence-corrected chi connectivity index (χ0v) is 21.5. The first-order valence-corrected chi connectivity index (χ1v) is 13.8. The Hall–Kier alpha value is -3.84. The highest BCUT2D eigenvalue weighted by Gasteiger charge is 2.46. The van der Waals surface area contributed by atoms with Crippen LogP contribution in [0.2, 0.25) is 0 Å². The number of nitrogens with zero attached hydrogens (tertiary/aromatic N) is 2. The van der Waals surface area contributed by atoms with Crippen LogP contribution in [0.1, 0.15) is 16.7 Å². The van der Waals surface area contributed by atoms with Gasteiger partial charge in [-0.2, -0.15) is 26.6 Å². The molecule has 3 aromatic rings. The lowest BCUT2D eigenvalue weighted by Crippen LogP contribution is -2.29. The molecule has 39 heavy (non-hydrogen) atoms. The minimum absolute atomic E-state index is 0.198. The average Bonchev–Trinajstić information content (AvgIpc) is 3.46. The lowest BCUT2D eigenvalue weighted by molar-refractivity contribution is -0.113. The molecule has 2 aliphatic rings. The maximum atomic E-state index is 13.0. The molecule has 0 fully saturated rings. The number of amidine groups is 1. The van der Waals surface area contributed by atoms with Crippen LogP contribution in [0.4, 0.5) is 28.9 Å². The molecule has 1 amide bonds. The summed E-state index contributed by atoms with van der Waals surface area (Å²) in [5, 5.41) is 0.424. The number of nitrogens with one attached hydrogen (secondary N) is 1. The van der Waals surface area contributed by atoms with Crippen LogP contribution in [-0.4, -0.2) is 31.5 Å². The van der Waals surface area contributed by atoms with E-state index in [0.717, 1.165) is 11.1 Å². The minimum atomic E-state index is -5.53. The van der Waals surface area contributed by atoms with Gasteiger partial charge in [0.2, 0.25) is 0 Å². The fourth-order valence-corrected chi connectivity index (χ4v) is 5.46. The number of fused-ring (bicyclic) bond motifs is 1. The van der Waals surface area contributed by atoms with Crippen LogP contribution < -0.4 is 14.4 Å². The molecule has 0 unspecified atom stereocenters. The standard InChI is InChI=1S/C26H19F4N3O4S2/c27-19-5-1-17(2-6-19)15-37-21-8-3-16(4-9-21)13-23-24(34)31-25(38-23)33-12-11-18-14-20(7-10-22(18)33)32-39(35,36)26(28,29)30/h1-10,13-14,32H,11-12,15H2. The van der Waals surface area contributed by atoms with Crippen molar-refractivity contribution < 1.29 is 35.5 Å². The molecule has 2 heterocycles. The van der Waals surface area contributed by atoms with E-state index >= 15 is 0 Å². The predicted molar refractivity (Wildman–Crippen MR) is 141 cm³/mol. The van der Waals surface area contributed by atoms with Crippen molar-refractivity contribution in [3.05, 3.63) is 94.1 Å². The third-order valence-corrected chi connectivity index (χ3v) is 7.99. The maximum Gasteiger partial charge on any atom is 0.516 e. The van der Waals surface area contributed by atoms with Gasteiger partial charge in [0, 0.05) is 17.9 Å². The zero-order valence-electron chi connectivity index (χ0n) is 19.9. The number of alkyl halides is 3. The van der Waals surface area contributed by atoms with Crippen molar-refractivity contribution in [1.29, 1.82) is 0 Å². The Morgan fingerprint density at radius 1 is 1.05 bits per heavy atom. The van der Waals surface area contributed by atoms with Crippen molar-refractivity contribution in [2.45, 2.75) is 18.5 Å². The molecule has 0 radical (unpaired) electrons. The number of carbonyl (C=O) groups excluding carboxylic acids is 1. The largest absolute Gasteiger partial charge is 0.516 e. The van der Waals surface area contributed by atoms with Gasteiger partial charge in [-0.1, -0.05) is 24.3 Å². The molecule has 202 valence electrons. The van der Waals surface area contributed by atoms with Gasteiger partial charge >= 0.3 is 15.5 Å². The smallest absolute Gasteiger partial charge is 0.489 e. The van der Waals surface area contributed by atoms with Gasteiger partial charge in [0.1, 0.15) is 18.2 Å².